The number of furan rings is 1. The first-order valence-corrected chi connectivity index (χ1v) is 9.50. The van der Waals surface area contributed by atoms with E-state index in [2.05, 4.69) is 10.0 Å². The van der Waals surface area contributed by atoms with E-state index in [0.29, 0.717) is 5.76 Å². The SMILES string of the molecule is O=C(NCc1ccco1)c1cccc(S(=O)(=O)Nc2ccccc2Cl)c1. The van der Waals surface area contributed by atoms with E-state index >= 15 is 0 Å². The highest BCUT2D eigenvalue weighted by Gasteiger charge is 2.17. The van der Waals surface area contributed by atoms with Gasteiger partial charge in [-0.15, -0.1) is 0 Å². The standard InChI is InChI=1S/C18H15ClN2O4S/c19-16-8-1-2-9-17(16)21-26(23,24)15-7-3-5-13(11-15)18(22)20-12-14-6-4-10-25-14/h1-11,21H,12H2,(H,20,22). The van der Waals surface area contributed by atoms with E-state index < -0.39 is 15.9 Å². The molecule has 1 aromatic heterocycles. The molecule has 26 heavy (non-hydrogen) atoms. The summed E-state index contributed by atoms with van der Waals surface area (Å²) in [4.78, 5) is 12.2. The number of carbonyl (C=O) groups is 1. The lowest BCUT2D eigenvalue weighted by Crippen LogP contribution is -2.23. The summed E-state index contributed by atoms with van der Waals surface area (Å²) >= 11 is 5.99. The second-order valence-electron chi connectivity index (χ2n) is 5.38. The van der Waals surface area contributed by atoms with Crippen LogP contribution in [0.5, 0.6) is 0 Å². The van der Waals surface area contributed by atoms with Gasteiger partial charge < -0.3 is 9.73 Å². The third-order valence-electron chi connectivity index (χ3n) is 3.53. The lowest BCUT2D eigenvalue weighted by atomic mass is 10.2. The van der Waals surface area contributed by atoms with E-state index in [1.54, 1.807) is 36.4 Å². The Balaban J connectivity index is 1.77. The second-order valence-corrected chi connectivity index (χ2v) is 7.46. The van der Waals surface area contributed by atoms with Crippen LogP contribution in [0, 0.1) is 0 Å². The fourth-order valence-corrected chi connectivity index (χ4v) is 3.60. The van der Waals surface area contributed by atoms with Crippen LogP contribution in [0.15, 0.2) is 76.2 Å². The summed E-state index contributed by atoms with van der Waals surface area (Å²) in [6.45, 7) is 0.209. The maximum atomic E-state index is 12.6. The Bertz CT molecular complexity index is 1020. The first-order valence-electron chi connectivity index (χ1n) is 7.64. The van der Waals surface area contributed by atoms with Crippen molar-refractivity contribution in [1.82, 2.24) is 5.32 Å². The summed E-state index contributed by atoms with van der Waals surface area (Å²) in [6.07, 6.45) is 1.51. The molecule has 0 aliphatic heterocycles. The molecule has 0 fully saturated rings. The average Bonchev–Trinajstić information content (AvgIpc) is 3.15. The summed E-state index contributed by atoms with van der Waals surface area (Å²) in [7, 11) is -3.88. The van der Waals surface area contributed by atoms with Crippen LogP contribution in [0.4, 0.5) is 5.69 Å². The van der Waals surface area contributed by atoms with Crippen LogP contribution in [0.2, 0.25) is 5.02 Å². The summed E-state index contributed by atoms with van der Waals surface area (Å²) in [5.41, 5.74) is 0.487. The molecule has 1 heterocycles. The fourth-order valence-electron chi connectivity index (χ4n) is 2.23. The van der Waals surface area contributed by atoms with E-state index in [1.165, 1.54) is 30.5 Å². The minimum absolute atomic E-state index is 0.0388. The van der Waals surface area contributed by atoms with Crippen molar-refractivity contribution in [3.05, 3.63) is 83.3 Å². The van der Waals surface area contributed by atoms with Crippen LogP contribution in [0.1, 0.15) is 16.1 Å². The van der Waals surface area contributed by atoms with Gasteiger partial charge in [0.15, 0.2) is 0 Å². The first-order chi connectivity index (χ1) is 12.5. The van der Waals surface area contributed by atoms with Crippen molar-refractivity contribution in [3.8, 4) is 0 Å². The van der Waals surface area contributed by atoms with Gasteiger partial charge in [-0.2, -0.15) is 0 Å². The topological polar surface area (TPSA) is 88.4 Å². The zero-order valence-corrected chi connectivity index (χ0v) is 15.0. The number of nitrogens with one attached hydrogen (secondary N) is 2. The molecule has 0 saturated heterocycles. The highest BCUT2D eigenvalue weighted by Crippen LogP contribution is 2.24. The van der Waals surface area contributed by atoms with Gasteiger partial charge >= 0.3 is 0 Å². The molecule has 1 amide bonds. The molecule has 2 aromatic carbocycles. The van der Waals surface area contributed by atoms with Crippen molar-refractivity contribution >= 4 is 33.2 Å². The number of anilines is 1. The minimum Gasteiger partial charge on any atom is -0.467 e. The number of carbonyl (C=O) groups excluding carboxylic acids is 1. The predicted octanol–water partition coefficient (Wildman–Crippen LogP) is 3.66. The number of hydrogen-bond donors (Lipinski definition) is 2. The normalized spacial score (nSPS) is 11.1. The summed E-state index contributed by atoms with van der Waals surface area (Å²) in [5.74, 6) is 0.193. The number of halogens is 1. The van der Waals surface area contributed by atoms with Gasteiger partial charge in [-0.05, 0) is 42.5 Å². The highest BCUT2D eigenvalue weighted by atomic mass is 35.5. The molecular formula is C18H15ClN2O4S. The Hall–Kier alpha value is -2.77. The Labute approximate surface area is 155 Å². The maximum absolute atomic E-state index is 12.6. The molecule has 0 saturated carbocycles. The zero-order valence-electron chi connectivity index (χ0n) is 13.5. The van der Waals surface area contributed by atoms with Crippen LogP contribution in [-0.4, -0.2) is 14.3 Å². The molecule has 6 nitrogen and oxygen atoms in total. The van der Waals surface area contributed by atoms with Crippen LogP contribution in [-0.2, 0) is 16.6 Å². The fraction of sp³-hybridized carbons (Fsp3) is 0.0556. The average molecular weight is 391 g/mol. The van der Waals surface area contributed by atoms with Gasteiger partial charge in [0.25, 0.3) is 15.9 Å². The van der Waals surface area contributed by atoms with Gasteiger partial charge in [-0.25, -0.2) is 8.42 Å². The molecule has 8 heteroatoms. The molecule has 0 bridgehead atoms. The van der Waals surface area contributed by atoms with Gasteiger partial charge in [-0.1, -0.05) is 29.8 Å². The third kappa shape index (κ3) is 4.25. The molecule has 0 aliphatic carbocycles. The number of rotatable bonds is 6. The molecule has 3 aromatic rings. The highest BCUT2D eigenvalue weighted by molar-refractivity contribution is 7.92. The van der Waals surface area contributed by atoms with Crippen LogP contribution >= 0.6 is 11.6 Å². The Morgan fingerprint density at radius 3 is 2.58 bits per heavy atom. The third-order valence-corrected chi connectivity index (χ3v) is 5.22. The number of para-hydroxylation sites is 1. The molecule has 0 aliphatic rings. The van der Waals surface area contributed by atoms with Crippen molar-refractivity contribution in [1.29, 1.82) is 0 Å². The molecule has 2 N–H and O–H groups in total. The van der Waals surface area contributed by atoms with Crippen LogP contribution in [0.25, 0.3) is 0 Å². The molecular weight excluding hydrogens is 376 g/mol. The Morgan fingerprint density at radius 2 is 1.85 bits per heavy atom. The number of benzene rings is 2. The molecule has 0 spiro atoms. The summed E-state index contributed by atoms with van der Waals surface area (Å²) in [6, 6.07) is 15.7. The van der Waals surface area contributed by atoms with Crippen LogP contribution < -0.4 is 10.0 Å². The zero-order chi connectivity index (χ0) is 18.6. The molecule has 3 rings (SSSR count). The van der Waals surface area contributed by atoms with E-state index in [4.69, 9.17) is 16.0 Å². The molecule has 0 unspecified atom stereocenters. The Kier molecular flexibility index (Phi) is 5.29. The van der Waals surface area contributed by atoms with E-state index in [1.807, 2.05) is 0 Å². The lowest BCUT2D eigenvalue weighted by molar-refractivity contribution is 0.0948. The quantitative estimate of drug-likeness (QED) is 0.672. The summed E-state index contributed by atoms with van der Waals surface area (Å²) < 4.78 is 32.7. The van der Waals surface area contributed by atoms with Crippen molar-refractivity contribution in [2.45, 2.75) is 11.4 Å². The smallest absolute Gasteiger partial charge is 0.261 e. The molecule has 0 radical (unpaired) electrons. The maximum Gasteiger partial charge on any atom is 0.261 e. The van der Waals surface area contributed by atoms with Crippen molar-refractivity contribution in [2.75, 3.05) is 4.72 Å². The number of sulfonamides is 1. The molecule has 0 atom stereocenters. The lowest BCUT2D eigenvalue weighted by Gasteiger charge is -2.10. The number of hydrogen-bond acceptors (Lipinski definition) is 4. The summed E-state index contributed by atoms with van der Waals surface area (Å²) in [5, 5.41) is 2.95. The van der Waals surface area contributed by atoms with Crippen LogP contribution in [0.3, 0.4) is 0 Å². The largest absolute Gasteiger partial charge is 0.467 e. The van der Waals surface area contributed by atoms with Crippen molar-refractivity contribution in [2.24, 2.45) is 0 Å². The molecule has 134 valence electrons. The van der Waals surface area contributed by atoms with Crippen molar-refractivity contribution in [3.63, 3.8) is 0 Å². The van der Waals surface area contributed by atoms with Gasteiger partial charge in [-0.3, -0.25) is 9.52 Å². The van der Waals surface area contributed by atoms with E-state index in [0.717, 1.165) is 0 Å². The second kappa shape index (κ2) is 7.63. The minimum atomic E-state index is -3.88. The van der Waals surface area contributed by atoms with Gasteiger partial charge in [0, 0.05) is 5.56 Å². The van der Waals surface area contributed by atoms with Gasteiger partial charge in [0.05, 0.1) is 28.4 Å². The Morgan fingerprint density at radius 1 is 1.04 bits per heavy atom. The predicted molar refractivity (Wildman–Crippen MR) is 98.6 cm³/mol. The van der Waals surface area contributed by atoms with Gasteiger partial charge in [0.2, 0.25) is 0 Å². The first kappa shape index (κ1) is 18.0. The van der Waals surface area contributed by atoms with Crippen molar-refractivity contribution < 1.29 is 17.6 Å². The van der Waals surface area contributed by atoms with E-state index in [-0.39, 0.29) is 27.7 Å². The number of amides is 1. The van der Waals surface area contributed by atoms with Gasteiger partial charge in [0.1, 0.15) is 5.76 Å². The van der Waals surface area contributed by atoms with E-state index in [9.17, 15) is 13.2 Å². The monoisotopic (exact) mass is 390 g/mol.